The van der Waals surface area contributed by atoms with Crippen molar-refractivity contribution in [1.82, 2.24) is 10.6 Å². The molecule has 0 radical (unpaired) electrons. The van der Waals surface area contributed by atoms with E-state index >= 15 is 0 Å². The molecule has 0 amide bonds. The van der Waals surface area contributed by atoms with Crippen LogP contribution in [-0.4, -0.2) is 32.9 Å². The zero-order valence-electron chi connectivity index (χ0n) is 16.8. The van der Waals surface area contributed by atoms with E-state index in [2.05, 4.69) is 15.6 Å². The Morgan fingerprint density at radius 2 is 1.66 bits per heavy atom. The topological polar surface area (TPSA) is 54.9 Å². The summed E-state index contributed by atoms with van der Waals surface area (Å²) in [4.78, 5) is 4.17. The van der Waals surface area contributed by atoms with E-state index < -0.39 is 12.8 Å². The molecule has 2 aromatic carbocycles. The average molecular weight is 409 g/mol. The molecule has 0 aliphatic heterocycles. The van der Waals surface area contributed by atoms with Crippen LogP contribution < -0.4 is 15.4 Å². The van der Waals surface area contributed by atoms with Gasteiger partial charge in [0.15, 0.2) is 12.6 Å². The number of nitrogens with one attached hydrogen (secondary N) is 2. The summed E-state index contributed by atoms with van der Waals surface area (Å²) in [5.41, 5.74) is 3.58. The standard InChI is InChI=1S/C21H26F3N3O2/c1-15-8-9-17(19(10-15)29-14-21(22,23)24)12-27-20(25-2)26-11-16-6-4-5-7-18(16)13-28-3/h4-10H,11-14H2,1-3H3,(H2,25,26,27). The predicted molar refractivity (Wildman–Crippen MR) is 107 cm³/mol. The van der Waals surface area contributed by atoms with Crippen LogP contribution in [0.1, 0.15) is 22.3 Å². The molecular weight excluding hydrogens is 383 g/mol. The number of nitrogens with zero attached hydrogens (tertiary/aromatic N) is 1. The first-order valence-electron chi connectivity index (χ1n) is 9.11. The Hall–Kier alpha value is -2.74. The number of aryl methyl sites for hydroxylation is 1. The van der Waals surface area contributed by atoms with E-state index in [4.69, 9.17) is 9.47 Å². The van der Waals surface area contributed by atoms with Gasteiger partial charge < -0.3 is 20.1 Å². The van der Waals surface area contributed by atoms with Crippen LogP contribution in [-0.2, 0) is 24.4 Å². The third kappa shape index (κ3) is 7.65. The second-order valence-corrected chi connectivity index (χ2v) is 6.50. The van der Waals surface area contributed by atoms with Crippen molar-refractivity contribution >= 4 is 5.96 Å². The number of hydrogen-bond acceptors (Lipinski definition) is 3. The maximum atomic E-state index is 12.5. The summed E-state index contributed by atoms with van der Waals surface area (Å²) in [7, 11) is 3.28. The van der Waals surface area contributed by atoms with Crippen molar-refractivity contribution in [1.29, 1.82) is 0 Å². The first kappa shape index (κ1) is 22.5. The van der Waals surface area contributed by atoms with Gasteiger partial charge in [0.2, 0.25) is 0 Å². The molecule has 0 heterocycles. The van der Waals surface area contributed by atoms with Gasteiger partial charge in [0.05, 0.1) is 6.61 Å². The number of guanidine groups is 1. The highest BCUT2D eigenvalue weighted by atomic mass is 19.4. The first-order valence-corrected chi connectivity index (χ1v) is 9.11. The molecule has 0 atom stereocenters. The van der Waals surface area contributed by atoms with Crippen LogP contribution in [0.15, 0.2) is 47.5 Å². The van der Waals surface area contributed by atoms with Gasteiger partial charge in [-0.1, -0.05) is 36.4 Å². The molecule has 0 saturated heterocycles. The number of benzene rings is 2. The zero-order chi connectivity index (χ0) is 21.3. The van der Waals surface area contributed by atoms with E-state index in [1.807, 2.05) is 30.3 Å². The number of methoxy groups -OCH3 is 1. The molecule has 2 aromatic rings. The van der Waals surface area contributed by atoms with Crippen LogP contribution in [0.3, 0.4) is 0 Å². The lowest BCUT2D eigenvalue weighted by Gasteiger charge is -2.17. The van der Waals surface area contributed by atoms with Gasteiger partial charge in [0.1, 0.15) is 5.75 Å². The second-order valence-electron chi connectivity index (χ2n) is 6.50. The quantitative estimate of drug-likeness (QED) is 0.512. The molecule has 0 aliphatic carbocycles. The smallest absolute Gasteiger partial charge is 0.422 e. The summed E-state index contributed by atoms with van der Waals surface area (Å²) < 4.78 is 47.7. The Kier molecular flexibility index (Phi) is 8.33. The molecule has 0 fully saturated rings. The van der Waals surface area contributed by atoms with Crippen molar-refractivity contribution in [3.8, 4) is 5.75 Å². The van der Waals surface area contributed by atoms with Gasteiger partial charge in [0, 0.05) is 32.8 Å². The molecule has 158 valence electrons. The lowest BCUT2D eigenvalue weighted by molar-refractivity contribution is -0.153. The van der Waals surface area contributed by atoms with E-state index in [0.717, 1.165) is 16.7 Å². The van der Waals surface area contributed by atoms with Crippen LogP contribution in [0.2, 0.25) is 0 Å². The van der Waals surface area contributed by atoms with Gasteiger partial charge in [-0.25, -0.2) is 0 Å². The normalized spacial score (nSPS) is 12.0. The largest absolute Gasteiger partial charge is 0.484 e. The Morgan fingerprint density at radius 3 is 2.28 bits per heavy atom. The summed E-state index contributed by atoms with van der Waals surface area (Å²) in [6, 6.07) is 13.1. The SMILES string of the molecule is CN=C(NCc1ccccc1COC)NCc1ccc(C)cc1OCC(F)(F)F. The summed E-state index contributed by atoms with van der Waals surface area (Å²) in [6.45, 7) is 1.78. The number of rotatable bonds is 8. The summed E-state index contributed by atoms with van der Waals surface area (Å²) in [5, 5.41) is 6.32. The van der Waals surface area contributed by atoms with E-state index in [1.54, 1.807) is 33.2 Å². The molecular formula is C21H26F3N3O2. The molecule has 0 aliphatic rings. The predicted octanol–water partition coefficient (Wildman–Crippen LogP) is 3.95. The number of halogens is 3. The fraction of sp³-hybridized carbons (Fsp3) is 0.381. The summed E-state index contributed by atoms with van der Waals surface area (Å²) in [6.07, 6.45) is -4.39. The molecule has 0 aromatic heterocycles. The minimum absolute atomic E-state index is 0.204. The van der Waals surface area contributed by atoms with Gasteiger partial charge >= 0.3 is 6.18 Å². The summed E-state index contributed by atoms with van der Waals surface area (Å²) >= 11 is 0. The van der Waals surface area contributed by atoms with Crippen molar-refractivity contribution in [3.63, 3.8) is 0 Å². The van der Waals surface area contributed by atoms with Crippen molar-refractivity contribution in [3.05, 3.63) is 64.7 Å². The molecule has 5 nitrogen and oxygen atoms in total. The molecule has 0 saturated carbocycles. The van der Waals surface area contributed by atoms with Gasteiger partial charge in [-0.3, -0.25) is 4.99 Å². The van der Waals surface area contributed by atoms with Crippen LogP contribution in [0.4, 0.5) is 13.2 Å². The van der Waals surface area contributed by atoms with Crippen molar-refractivity contribution in [2.24, 2.45) is 4.99 Å². The van der Waals surface area contributed by atoms with E-state index in [1.165, 1.54) is 0 Å². The molecule has 2 rings (SSSR count). The third-order valence-corrected chi connectivity index (χ3v) is 4.15. The fourth-order valence-corrected chi connectivity index (χ4v) is 2.71. The van der Waals surface area contributed by atoms with Crippen LogP contribution in [0.5, 0.6) is 5.75 Å². The Morgan fingerprint density at radius 1 is 1.00 bits per heavy atom. The Bertz CT molecular complexity index is 823. The summed E-state index contributed by atoms with van der Waals surface area (Å²) in [5.74, 6) is 0.732. The molecule has 0 bridgehead atoms. The average Bonchev–Trinajstić information content (AvgIpc) is 2.68. The Labute approximate surface area is 168 Å². The highest BCUT2D eigenvalue weighted by Crippen LogP contribution is 2.23. The molecule has 29 heavy (non-hydrogen) atoms. The lowest BCUT2D eigenvalue weighted by atomic mass is 10.1. The Balaban J connectivity index is 1.99. The van der Waals surface area contributed by atoms with E-state index in [-0.39, 0.29) is 12.3 Å². The maximum Gasteiger partial charge on any atom is 0.422 e. The minimum atomic E-state index is -4.39. The van der Waals surface area contributed by atoms with Crippen LogP contribution in [0, 0.1) is 6.92 Å². The van der Waals surface area contributed by atoms with E-state index in [0.29, 0.717) is 24.7 Å². The molecule has 2 N–H and O–H groups in total. The number of hydrogen-bond donors (Lipinski definition) is 2. The lowest BCUT2D eigenvalue weighted by Crippen LogP contribution is -2.36. The van der Waals surface area contributed by atoms with Crippen LogP contribution in [0.25, 0.3) is 0 Å². The molecule has 8 heteroatoms. The van der Waals surface area contributed by atoms with Crippen molar-refractivity contribution in [2.75, 3.05) is 20.8 Å². The number of aliphatic imine (C=N–C) groups is 1. The maximum absolute atomic E-state index is 12.5. The minimum Gasteiger partial charge on any atom is -0.484 e. The van der Waals surface area contributed by atoms with E-state index in [9.17, 15) is 13.2 Å². The zero-order valence-corrected chi connectivity index (χ0v) is 16.8. The molecule has 0 spiro atoms. The first-order chi connectivity index (χ1) is 13.8. The fourth-order valence-electron chi connectivity index (χ4n) is 2.71. The van der Waals surface area contributed by atoms with Gasteiger partial charge in [-0.15, -0.1) is 0 Å². The molecule has 0 unspecified atom stereocenters. The highest BCUT2D eigenvalue weighted by molar-refractivity contribution is 5.79. The van der Waals surface area contributed by atoms with Crippen molar-refractivity contribution < 1.29 is 22.6 Å². The van der Waals surface area contributed by atoms with Gasteiger partial charge in [-0.2, -0.15) is 13.2 Å². The number of alkyl halides is 3. The van der Waals surface area contributed by atoms with Gasteiger partial charge in [0.25, 0.3) is 0 Å². The highest BCUT2D eigenvalue weighted by Gasteiger charge is 2.28. The van der Waals surface area contributed by atoms with Gasteiger partial charge in [-0.05, 0) is 29.7 Å². The number of ether oxygens (including phenoxy) is 2. The second kappa shape index (κ2) is 10.7. The monoisotopic (exact) mass is 409 g/mol. The third-order valence-electron chi connectivity index (χ3n) is 4.15. The van der Waals surface area contributed by atoms with Crippen molar-refractivity contribution in [2.45, 2.75) is 32.8 Å². The van der Waals surface area contributed by atoms with Crippen LogP contribution >= 0.6 is 0 Å².